The minimum Gasteiger partial charge on any atom is -0.495 e. The van der Waals surface area contributed by atoms with Crippen LogP contribution in [-0.4, -0.2) is 45.4 Å². The SMILES string of the molecule is COc1ccc(S(=O)(=O)N2CCCCCC2)cc1NCC(=O)Nc1cccc(F)c1. The Bertz CT molecular complexity index is 989. The third-order valence-corrected chi connectivity index (χ3v) is 6.82. The highest BCUT2D eigenvalue weighted by atomic mass is 32.2. The Morgan fingerprint density at radius 3 is 2.50 bits per heavy atom. The summed E-state index contributed by atoms with van der Waals surface area (Å²) in [6, 6.07) is 10.1. The fourth-order valence-electron chi connectivity index (χ4n) is 3.36. The summed E-state index contributed by atoms with van der Waals surface area (Å²) in [5.74, 6) is -0.430. The lowest BCUT2D eigenvalue weighted by atomic mass is 10.2. The van der Waals surface area contributed by atoms with Crippen molar-refractivity contribution in [1.82, 2.24) is 4.31 Å². The van der Waals surface area contributed by atoms with Crippen LogP contribution in [0.3, 0.4) is 0 Å². The predicted molar refractivity (Wildman–Crippen MR) is 114 cm³/mol. The van der Waals surface area contributed by atoms with Gasteiger partial charge in [-0.1, -0.05) is 18.9 Å². The molecule has 162 valence electrons. The van der Waals surface area contributed by atoms with Crippen LogP contribution in [0.2, 0.25) is 0 Å². The monoisotopic (exact) mass is 435 g/mol. The first-order valence-electron chi connectivity index (χ1n) is 9.87. The fourth-order valence-corrected chi connectivity index (χ4v) is 4.91. The molecule has 0 aromatic heterocycles. The van der Waals surface area contributed by atoms with Gasteiger partial charge in [0.1, 0.15) is 11.6 Å². The average Bonchev–Trinajstić information content (AvgIpc) is 3.02. The summed E-state index contributed by atoms with van der Waals surface area (Å²) in [6.45, 7) is 0.875. The number of ether oxygens (including phenoxy) is 1. The van der Waals surface area contributed by atoms with Crippen LogP contribution in [0.25, 0.3) is 0 Å². The third-order valence-electron chi connectivity index (χ3n) is 4.92. The van der Waals surface area contributed by atoms with E-state index in [-0.39, 0.29) is 11.4 Å². The molecule has 0 radical (unpaired) electrons. The average molecular weight is 436 g/mol. The van der Waals surface area contributed by atoms with Gasteiger partial charge in [0.2, 0.25) is 15.9 Å². The van der Waals surface area contributed by atoms with E-state index in [4.69, 9.17) is 4.74 Å². The van der Waals surface area contributed by atoms with E-state index in [1.165, 1.54) is 41.7 Å². The Balaban J connectivity index is 1.73. The summed E-state index contributed by atoms with van der Waals surface area (Å²) in [6.07, 6.45) is 3.76. The molecule has 1 aliphatic heterocycles. The molecule has 7 nitrogen and oxygen atoms in total. The largest absolute Gasteiger partial charge is 0.495 e. The lowest BCUT2D eigenvalue weighted by molar-refractivity contribution is -0.114. The Labute approximate surface area is 176 Å². The van der Waals surface area contributed by atoms with E-state index in [1.807, 2.05) is 0 Å². The second-order valence-corrected chi connectivity index (χ2v) is 9.03. The molecule has 0 spiro atoms. The maximum absolute atomic E-state index is 13.3. The molecule has 1 aliphatic rings. The van der Waals surface area contributed by atoms with Gasteiger partial charge < -0.3 is 15.4 Å². The van der Waals surface area contributed by atoms with Crippen molar-refractivity contribution in [1.29, 1.82) is 0 Å². The van der Waals surface area contributed by atoms with Gasteiger partial charge in [0.15, 0.2) is 0 Å². The number of hydrogen-bond acceptors (Lipinski definition) is 5. The summed E-state index contributed by atoms with van der Waals surface area (Å²) in [5.41, 5.74) is 0.731. The molecule has 1 heterocycles. The van der Waals surface area contributed by atoms with Gasteiger partial charge in [0.25, 0.3) is 0 Å². The summed E-state index contributed by atoms with van der Waals surface area (Å²) in [5, 5.41) is 5.50. The number of nitrogens with zero attached hydrogens (tertiary/aromatic N) is 1. The number of carbonyl (C=O) groups is 1. The number of halogens is 1. The molecule has 0 saturated carbocycles. The van der Waals surface area contributed by atoms with Gasteiger partial charge in [-0.25, -0.2) is 12.8 Å². The van der Waals surface area contributed by atoms with Crippen LogP contribution in [0.5, 0.6) is 5.75 Å². The standard InChI is InChI=1S/C21H26FN3O4S/c1-29-20-10-9-18(30(27,28)25-11-4-2-3-5-12-25)14-19(20)23-15-21(26)24-17-8-6-7-16(22)13-17/h6-10,13-14,23H,2-5,11-12,15H2,1H3,(H,24,26). The minimum atomic E-state index is -3.63. The van der Waals surface area contributed by atoms with Crippen LogP contribution >= 0.6 is 0 Å². The Kier molecular flexibility index (Phi) is 7.28. The van der Waals surface area contributed by atoms with Crippen molar-refractivity contribution in [3.63, 3.8) is 0 Å². The summed E-state index contributed by atoms with van der Waals surface area (Å²) < 4.78 is 46.2. The lowest BCUT2D eigenvalue weighted by Gasteiger charge is -2.21. The minimum absolute atomic E-state index is 0.139. The number of sulfonamides is 1. The van der Waals surface area contributed by atoms with Crippen molar-refractivity contribution < 1.29 is 22.3 Å². The zero-order chi connectivity index (χ0) is 21.6. The fraction of sp³-hybridized carbons (Fsp3) is 0.381. The van der Waals surface area contributed by atoms with E-state index in [1.54, 1.807) is 12.1 Å². The molecule has 2 aromatic rings. The van der Waals surface area contributed by atoms with Crippen LogP contribution in [0.4, 0.5) is 15.8 Å². The molecule has 0 bridgehead atoms. The smallest absolute Gasteiger partial charge is 0.243 e. The van der Waals surface area contributed by atoms with Gasteiger partial charge in [-0.3, -0.25) is 4.79 Å². The highest BCUT2D eigenvalue weighted by Crippen LogP contribution is 2.29. The van der Waals surface area contributed by atoms with Crippen molar-refractivity contribution in [3.05, 3.63) is 48.3 Å². The van der Waals surface area contributed by atoms with E-state index < -0.39 is 21.7 Å². The Morgan fingerprint density at radius 1 is 1.10 bits per heavy atom. The number of carbonyl (C=O) groups excluding carboxylic acids is 1. The van der Waals surface area contributed by atoms with Gasteiger partial charge in [0, 0.05) is 18.8 Å². The van der Waals surface area contributed by atoms with Crippen LogP contribution < -0.4 is 15.4 Å². The molecule has 0 aliphatic carbocycles. The van der Waals surface area contributed by atoms with Crippen LogP contribution in [0, 0.1) is 5.82 Å². The summed E-state index contributed by atoms with van der Waals surface area (Å²) >= 11 is 0. The van der Waals surface area contributed by atoms with E-state index in [2.05, 4.69) is 10.6 Å². The summed E-state index contributed by atoms with van der Waals surface area (Å²) in [4.78, 5) is 12.4. The number of hydrogen-bond donors (Lipinski definition) is 2. The molecular weight excluding hydrogens is 409 g/mol. The summed E-state index contributed by atoms with van der Waals surface area (Å²) in [7, 11) is -2.16. The molecule has 1 fully saturated rings. The molecule has 1 amide bonds. The second kappa shape index (κ2) is 9.90. The highest BCUT2D eigenvalue weighted by Gasteiger charge is 2.26. The molecule has 3 rings (SSSR count). The van der Waals surface area contributed by atoms with Crippen LogP contribution in [0.15, 0.2) is 47.4 Å². The molecule has 1 saturated heterocycles. The molecule has 30 heavy (non-hydrogen) atoms. The second-order valence-electron chi connectivity index (χ2n) is 7.09. The van der Waals surface area contributed by atoms with Crippen molar-refractivity contribution >= 4 is 27.3 Å². The van der Waals surface area contributed by atoms with Gasteiger partial charge >= 0.3 is 0 Å². The first-order chi connectivity index (χ1) is 14.4. The van der Waals surface area contributed by atoms with E-state index in [9.17, 15) is 17.6 Å². The first-order valence-corrected chi connectivity index (χ1v) is 11.3. The zero-order valence-electron chi connectivity index (χ0n) is 16.9. The molecule has 2 N–H and O–H groups in total. The third kappa shape index (κ3) is 5.48. The quantitative estimate of drug-likeness (QED) is 0.696. The van der Waals surface area contributed by atoms with Crippen molar-refractivity contribution in [2.75, 3.05) is 37.4 Å². The van der Waals surface area contributed by atoms with Gasteiger partial charge in [-0.05, 0) is 49.2 Å². The number of methoxy groups -OCH3 is 1. The van der Waals surface area contributed by atoms with Crippen LogP contribution in [-0.2, 0) is 14.8 Å². The Morgan fingerprint density at radius 2 is 1.83 bits per heavy atom. The maximum atomic E-state index is 13.3. The number of benzene rings is 2. The lowest BCUT2D eigenvalue weighted by Crippen LogP contribution is -2.32. The predicted octanol–water partition coefficient (Wildman–Crippen LogP) is 3.45. The zero-order valence-corrected chi connectivity index (χ0v) is 17.7. The molecule has 2 aromatic carbocycles. The van der Waals surface area contributed by atoms with Crippen molar-refractivity contribution in [2.45, 2.75) is 30.6 Å². The Hall–Kier alpha value is -2.65. The number of amides is 1. The maximum Gasteiger partial charge on any atom is 0.243 e. The van der Waals surface area contributed by atoms with Gasteiger partial charge in [-0.2, -0.15) is 4.31 Å². The topological polar surface area (TPSA) is 87.7 Å². The van der Waals surface area contributed by atoms with Gasteiger partial charge in [-0.15, -0.1) is 0 Å². The number of anilines is 2. The van der Waals surface area contributed by atoms with Crippen molar-refractivity contribution in [2.24, 2.45) is 0 Å². The number of nitrogens with one attached hydrogen (secondary N) is 2. The molecule has 9 heteroatoms. The molecule has 0 unspecified atom stereocenters. The molecular formula is C21H26FN3O4S. The van der Waals surface area contributed by atoms with E-state index >= 15 is 0 Å². The van der Waals surface area contributed by atoms with Gasteiger partial charge in [0.05, 0.1) is 24.2 Å². The van der Waals surface area contributed by atoms with E-state index in [0.717, 1.165) is 25.7 Å². The van der Waals surface area contributed by atoms with E-state index in [0.29, 0.717) is 30.2 Å². The highest BCUT2D eigenvalue weighted by molar-refractivity contribution is 7.89. The first kappa shape index (κ1) is 22.0. The number of rotatable bonds is 7. The van der Waals surface area contributed by atoms with Crippen LogP contribution in [0.1, 0.15) is 25.7 Å². The normalized spacial score (nSPS) is 15.3. The van der Waals surface area contributed by atoms with Crippen molar-refractivity contribution in [3.8, 4) is 5.75 Å². The molecule has 0 atom stereocenters.